The molecule has 0 heterocycles. The van der Waals surface area contributed by atoms with E-state index in [2.05, 4.69) is 25.9 Å². The summed E-state index contributed by atoms with van der Waals surface area (Å²) in [5.41, 5.74) is 6.35. The van der Waals surface area contributed by atoms with Gasteiger partial charge in [-0.05, 0) is 12.3 Å². The summed E-state index contributed by atoms with van der Waals surface area (Å²) in [5, 5.41) is 6.10. The van der Waals surface area contributed by atoms with Crippen molar-refractivity contribution in [2.45, 2.75) is 20.8 Å². The van der Waals surface area contributed by atoms with Crippen molar-refractivity contribution in [2.24, 2.45) is 16.3 Å². The minimum absolute atomic E-state index is 0.0418. The summed E-state index contributed by atoms with van der Waals surface area (Å²) < 4.78 is 0. The van der Waals surface area contributed by atoms with Gasteiger partial charge in [-0.15, -0.1) is 0 Å². The van der Waals surface area contributed by atoms with Gasteiger partial charge >= 0.3 is 0 Å². The first-order valence-corrected chi connectivity index (χ1v) is 4.02. The lowest BCUT2D eigenvalue weighted by atomic mass is 9.90. The predicted octanol–water partition coefficient (Wildman–Crippen LogP) is 1.42. The molecule has 0 saturated heterocycles. The first kappa shape index (κ1) is 11.0. The Morgan fingerprint density at radius 2 is 1.83 bits per heavy atom. The normalized spacial score (nSPS) is 13.9. The summed E-state index contributed by atoms with van der Waals surface area (Å²) >= 11 is 0. The van der Waals surface area contributed by atoms with E-state index in [4.69, 9.17) is 5.73 Å². The Hall–Kier alpha value is -0.990. The lowest BCUT2D eigenvalue weighted by Gasteiger charge is -2.20. The zero-order valence-corrected chi connectivity index (χ0v) is 8.63. The van der Waals surface area contributed by atoms with E-state index in [1.807, 2.05) is 20.2 Å². The number of hydrogen-bond donors (Lipinski definition) is 1. The van der Waals surface area contributed by atoms with Gasteiger partial charge in [0.15, 0.2) is 0 Å². The molecule has 0 spiro atoms. The van der Waals surface area contributed by atoms with Crippen LogP contribution in [0.1, 0.15) is 20.8 Å². The predicted molar refractivity (Wildman–Crippen MR) is 53.9 cm³/mol. The van der Waals surface area contributed by atoms with Crippen LogP contribution in [0.5, 0.6) is 0 Å². The van der Waals surface area contributed by atoms with Crippen molar-refractivity contribution in [1.29, 1.82) is 0 Å². The van der Waals surface area contributed by atoms with Crippen molar-refractivity contribution in [3.8, 4) is 0 Å². The third-order valence-electron chi connectivity index (χ3n) is 1.33. The Morgan fingerprint density at radius 1 is 1.33 bits per heavy atom. The zero-order valence-electron chi connectivity index (χ0n) is 8.63. The number of nitrogens with two attached hydrogens (primary N) is 1. The quantitative estimate of drug-likeness (QED) is 0.502. The highest BCUT2D eigenvalue weighted by Crippen LogP contribution is 2.17. The molecular weight excluding hydrogens is 150 g/mol. The minimum Gasteiger partial charge on any atom is -0.405 e. The highest BCUT2D eigenvalue weighted by atomic mass is 15.4. The van der Waals surface area contributed by atoms with Crippen LogP contribution in [0.2, 0.25) is 0 Å². The summed E-state index contributed by atoms with van der Waals surface area (Å²) in [6.07, 6.45) is 3.35. The van der Waals surface area contributed by atoms with E-state index in [1.54, 1.807) is 5.01 Å². The molecule has 0 unspecified atom stereocenters. The van der Waals surface area contributed by atoms with Gasteiger partial charge in [-0.25, -0.2) is 0 Å². The first-order chi connectivity index (χ1) is 5.38. The molecule has 0 aromatic carbocycles. The van der Waals surface area contributed by atoms with Gasteiger partial charge in [-0.3, -0.25) is 0 Å². The van der Waals surface area contributed by atoms with Gasteiger partial charge in [0.1, 0.15) is 0 Å². The fraction of sp³-hybridized carbons (Fsp3) is 0.667. The molecule has 0 aromatic heterocycles. The fourth-order valence-corrected chi connectivity index (χ4v) is 0.740. The Labute approximate surface area is 74.9 Å². The highest BCUT2D eigenvalue weighted by Gasteiger charge is 2.16. The van der Waals surface area contributed by atoms with Crippen molar-refractivity contribution < 1.29 is 0 Å². The second-order valence-electron chi connectivity index (χ2n) is 3.94. The van der Waals surface area contributed by atoms with E-state index in [-0.39, 0.29) is 5.41 Å². The third-order valence-corrected chi connectivity index (χ3v) is 1.33. The Morgan fingerprint density at radius 3 is 2.08 bits per heavy atom. The molecule has 0 atom stereocenters. The zero-order chi connectivity index (χ0) is 9.78. The molecule has 0 radical (unpaired) electrons. The van der Waals surface area contributed by atoms with E-state index in [1.165, 1.54) is 6.20 Å². The van der Waals surface area contributed by atoms with Gasteiger partial charge in [-0.1, -0.05) is 20.8 Å². The number of rotatable bonds is 2. The van der Waals surface area contributed by atoms with Gasteiger partial charge < -0.3 is 10.7 Å². The molecule has 3 nitrogen and oxygen atoms in total. The fourth-order valence-electron chi connectivity index (χ4n) is 0.740. The molecule has 0 bridgehead atoms. The Bertz CT molecular complexity index is 184. The van der Waals surface area contributed by atoms with Gasteiger partial charge in [0.05, 0.1) is 5.71 Å². The highest BCUT2D eigenvalue weighted by molar-refractivity contribution is 5.98. The largest absolute Gasteiger partial charge is 0.405 e. The van der Waals surface area contributed by atoms with E-state index >= 15 is 0 Å². The molecule has 0 rings (SSSR count). The van der Waals surface area contributed by atoms with Crippen LogP contribution in [-0.2, 0) is 0 Å². The maximum absolute atomic E-state index is 5.32. The van der Waals surface area contributed by atoms with Gasteiger partial charge in [-0.2, -0.15) is 5.10 Å². The summed E-state index contributed by atoms with van der Waals surface area (Å²) in [6.45, 7) is 6.32. The molecule has 3 heteroatoms. The van der Waals surface area contributed by atoms with Crippen LogP contribution in [0.3, 0.4) is 0 Å². The van der Waals surface area contributed by atoms with Crippen LogP contribution in [0.15, 0.2) is 17.4 Å². The smallest absolute Gasteiger partial charge is 0.0672 e. The number of allylic oxidation sites excluding steroid dienone is 1. The summed E-state index contributed by atoms with van der Waals surface area (Å²) in [6, 6.07) is 0. The summed E-state index contributed by atoms with van der Waals surface area (Å²) in [5.74, 6) is 0. The maximum atomic E-state index is 5.32. The van der Waals surface area contributed by atoms with Gasteiger partial charge in [0.2, 0.25) is 0 Å². The maximum Gasteiger partial charge on any atom is 0.0672 e. The van der Waals surface area contributed by atoms with Crippen LogP contribution >= 0.6 is 0 Å². The van der Waals surface area contributed by atoms with E-state index in [9.17, 15) is 0 Å². The third kappa shape index (κ3) is 4.01. The average molecular weight is 169 g/mol. The molecule has 0 aliphatic rings. The lowest BCUT2D eigenvalue weighted by molar-refractivity contribution is 0.425. The summed E-state index contributed by atoms with van der Waals surface area (Å²) in [7, 11) is 3.80. The Kier molecular flexibility index (Phi) is 3.80. The molecule has 0 saturated carbocycles. The molecular formula is C9H19N3. The standard InChI is InChI=1S/C9H19N3/c1-9(2,3)8(6-7-10)11-12(4)5/h6-7H,10H2,1-5H3/b7-6+,11-8+. The lowest BCUT2D eigenvalue weighted by Crippen LogP contribution is -2.21. The Balaban J connectivity index is 4.67. The second-order valence-corrected chi connectivity index (χ2v) is 3.94. The van der Waals surface area contributed by atoms with Crippen molar-refractivity contribution >= 4 is 5.71 Å². The minimum atomic E-state index is 0.0418. The molecule has 0 aromatic rings. The van der Waals surface area contributed by atoms with Crippen LogP contribution in [0.4, 0.5) is 0 Å². The van der Waals surface area contributed by atoms with E-state index < -0.39 is 0 Å². The van der Waals surface area contributed by atoms with Crippen LogP contribution in [-0.4, -0.2) is 24.8 Å². The molecule has 2 N–H and O–H groups in total. The van der Waals surface area contributed by atoms with E-state index in [0.29, 0.717) is 0 Å². The molecule has 0 fully saturated rings. The number of nitrogens with zero attached hydrogens (tertiary/aromatic N) is 2. The summed E-state index contributed by atoms with van der Waals surface area (Å²) in [4.78, 5) is 0. The molecule has 0 amide bonds. The average Bonchev–Trinajstić information content (AvgIpc) is 1.83. The molecule has 0 aliphatic carbocycles. The van der Waals surface area contributed by atoms with Crippen molar-refractivity contribution in [3.63, 3.8) is 0 Å². The van der Waals surface area contributed by atoms with Gasteiger partial charge in [0.25, 0.3) is 0 Å². The molecule has 70 valence electrons. The van der Waals surface area contributed by atoms with Crippen molar-refractivity contribution in [2.75, 3.05) is 14.1 Å². The SMILES string of the molecule is CN(C)/N=C(\C=C\N)C(C)(C)C. The van der Waals surface area contributed by atoms with Gasteiger partial charge in [0, 0.05) is 19.5 Å². The molecule has 12 heavy (non-hydrogen) atoms. The first-order valence-electron chi connectivity index (χ1n) is 4.02. The monoisotopic (exact) mass is 169 g/mol. The molecule has 0 aliphatic heterocycles. The topological polar surface area (TPSA) is 41.6 Å². The van der Waals surface area contributed by atoms with Crippen molar-refractivity contribution in [1.82, 2.24) is 5.01 Å². The van der Waals surface area contributed by atoms with Crippen LogP contribution in [0.25, 0.3) is 0 Å². The van der Waals surface area contributed by atoms with Crippen LogP contribution < -0.4 is 5.73 Å². The number of hydrogen-bond acceptors (Lipinski definition) is 3. The van der Waals surface area contributed by atoms with E-state index in [0.717, 1.165) is 5.71 Å². The number of hydrazone groups is 1. The van der Waals surface area contributed by atoms with Crippen LogP contribution in [0, 0.1) is 5.41 Å². The van der Waals surface area contributed by atoms with Crippen molar-refractivity contribution in [3.05, 3.63) is 12.3 Å². The second kappa shape index (κ2) is 4.14.